The molecular weight excluding hydrogens is 502 g/mol. The van der Waals surface area contributed by atoms with Crippen LogP contribution in [0.1, 0.15) is 42.3 Å². The van der Waals surface area contributed by atoms with Crippen molar-refractivity contribution in [3.63, 3.8) is 0 Å². The van der Waals surface area contributed by atoms with Crippen LogP contribution in [0.4, 0.5) is 0 Å². The summed E-state index contributed by atoms with van der Waals surface area (Å²) in [6.45, 7) is 4.94. The molecule has 0 aromatic heterocycles. The van der Waals surface area contributed by atoms with Gasteiger partial charge in [0.25, 0.3) is 5.88 Å². The predicted molar refractivity (Wildman–Crippen MR) is 133 cm³/mol. The Hall–Kier alpha value is -4.28. The minimum atomic E-state index is -4.01. The third-order valence-corrected chi connectivity index (χ3v) is 6.03. The van der Waals surface area contributed by atoms with E-state index in [2.05, 4.69) is 4.99 Å². The highest BCUT2D eigenvalue weighted by Crippen LogP contribution is 2.31. The number of hydrogen-bond acceptors (Lipinski definition) is 11. The maximum atomic E-state index is 12.8. The summed E-state index contributed by atoms with van der Waals surface area (Å²) in [4.78, 5) is 28.3. The van der Waals surface area contributed by atoms with Gasteiger partial charge in [0, 0.05) is 12.7 Å². The highest BCUT2D eigenvalue weighted by atomic mass is 32.2. The molecule has 1 aliphatic heterocycles. The average molecular weight is 528 g/mol. The van der Waals surface area contributed by atoms with E-state index in [1.807, 2.05) is 6.07 Å². The van der Waals surface area contributed by atoms with Gasteiger partial charge in [-0.15, -0.1) is 0 Å². The Labute approximate surface area is 213 Å². The lowest BCUT2D eigenvalue weighted by molar-refractivity contribution is -0.419. The van der Waals surface area contributed by atoms with Crippen molar-refractivity contribution in [3.8, 4) is 11.8 Å². The SMILES string of the molecule is CC(C)(C)OC(=O)c1ccc(C#N)cc1OC1=C([N+](=O)[O-])C(Cc2ccccc2)=NC(S(C)(=O)=O)N1N. The number of nitrogens with zero attached hydrogens (tertiary/aromatic N) is 4. The van der Waals surface area contributed by atoms with Crippen molar-refractivity contribution in [3.05, 3.63) is 86.9 Å². The van der Waals surface area contributed by atoms with Crippen LogP contribution in [0.5, 0.6) is 5.75 Å². The molecule has 2 aromatic carbocycles. The number of hydrogen-bond donors (Lipinski definition) is 1. The summed E-state index contributed by atoms with van der Waals surface area (Å²) in [5.41, 5.74) is -2.96. The first kappa shape index (κ1) is 27.3. The summed E-state index contributed by atoms with van der Waals surface area (Å²) in [5, 5.41) is 22.1. The summed E-state index contributed by atoms with van der Waals surface area (Å²) >= 11 is 0. The fraction of sp³-hybridized carbons (Fsp3) is 0.292. The standard InChI is InChI=1S/C24H25N5O7S/c1-24(2,3)36-22(30)17-11-10-16(14-25)13-19(17)35-21-20(29(31)32)18(12-15-8-6-5-7-9-15)27-23(28(21)26)37(4,33)34/h5-11,13,23H,12,26H2,1-4H3. The second kappa shape index (κ2) is 10.4. The number of allylic oxidation sites excluding steroid dienone is 1. The predicted octanol–water partition coefficient (Wildman–Crippen LogP) is 2.54. The normalized spacial score (nSPS) is 16.1. The summed E-state index contributed by atoms with van der Waals surface area (Å²) in [5.74, 6) is 4.24. The van der Waals surface area contributed by atoms with E-state index in [1.165, 1.54) is 18.2 Å². The first-order valence-corrected chi connectivity index (χ1v) is 12.8. The Bertz CT molecular complexity index is 1440. The van der Waals surface area contributed by atoms with Gasteiger partial charge in [-0.05, 0) is 44.5 Å². The van der Waals surface area contributed by atoms with E-state index in [0.717, 1.165) is 6.26 Å². The molecule has 0 spiro atoms. The number of hydrazine groups is 1. The van der Waals surface area contributed by atoms with E-state index in [1.54, 1.807) is 51.1 Å². The van der Waals surface area contributed by atoms with E-state index in [0.29, 0.717) is 10.6 Å². The molecule has 1 heterocycles. The van der Waals surface area contributed by atoms with Crippen LogP contribution in [-0.4, -0.2) is 47.4 Å². The molecule has 0 radical (unpaired) electrons. The minimum absolute atomic E-state index is 0.0720. The van der Waals surface area contributed by atoms with E-state index in [9.17, 15) is 28.6 Å². The first-order valence-electron chi connectivity index (χ1n) is 10.9. The Morgan fingerprint density at radius 2 is 1.89 bits per heavy atom. The number of sulfone groups is 1. The summed E-state index contributed by atoms with van der Waals surface area (Å²) < 4.78 is 36.2. The molecule has 1 unspecified atom stereocenters. The van der Waals surface area contributed by atoms with Crippen LogP contribution in [0.2, 0.25) is 0 Å². The molecule has 0 amide bonds. The van der Waals surface area contributed by atoms with Gasteiger partial charge in [-0.1, -0.05) is 30.3 Å². The van der Waals surface area contributed by atoms with Crippen LogP contribution in [0.3, 0.4) is 0 Å². The first-order chi connectivity index (χ1) is 17.2. The van der Waals surface area contributed by atoms with Crippen LogP contribution in [-0.2, 0) is 21.0 Å². The Balaban J connectivity index is 2.20. The number of esters is 1. The molecule has 1 atom stereocenters. The number of ether oxygens (including phenoxy) is 2. The zero-order valence-electron chi connectivity index (χ0n) is 20.5. The Kier molecular flexibility index (Phi) is 7.66. The van der Waals surface area contributed by atoms with Crippen LogP contribution >= 0.6 is 0 Å². The smallest absolute Gasteiger partial charge is 0.351 e. The molecule has 37 heavy (non-hydrogen) atoms. The number of nitrogens with two attached hydrogens (primary N) is 1. The lowest BCUT2D eigenvalue weighted by Gasteiger charge is -2.30. The molecule has 0 aliphatic carbocycles. The van der Waals surface area contributed by atoms with Gasteiger partial charge in [-0.2, -0.15) is 5.26 Å². The molecule has 12 nitrogen and oxygen atoms in total. The van der Waals surface area contributed by atoms with Crippen LogP contribution in [0, 0.1) is 21.4 Å². The molecule has 13 heteroatoms. The highest BCUT2D eigenvalue weighted by Gasteiger charge is 2.42. The van der Waals surface area contributed by atoms with Crippen LogP contribution < -0.4 is 10.6 Å². The van der Waals surface area contributed by atoms with E-state index >= 15 is 0 Å². The number of nitro groups is 1. The van der Waals surface area contributed by atoms with E-state index < -0.39 is 43.4 Å². The topological polar surface area (TPSA) is 178 Å². The molecule has 3 rings (SSSR count). The number of carbonyl (C=O) groups is 1. The quantitative estimate of drug-likeness (QED) is 0.243. The van der Waals surface area contributed by atoms with Gasteiger partial charge in [0.2, 0.25) is 5.50 Å². The third kappa shape index (κ3) is 6.49. The molecular formula is C24H25N5O7S. The van der Waals surface area contributed by atoms with E-state index in [-0.39, 0.29) is 29.0 Å². The third-order valence-electron chi connectivity index (χ3n) is 4.93. The maximum absolute atomic E-state index is 12.8. The van der Waals surface area contributed by atoms with Gasteiger partial charge in [-0.25, -0.2) is 29.1 Å². The largest absolute Gasteiger partial charge is 0.456 e. The number of nitriles is 1. The van der Waals surface area contributed by atoms with Gasteiger partial charge < -0.3 is 9.47 Å². The zero-order valence-corrected chi connectivity index (χ0v) is 21.4. The van der Waals surface area contributed by atoms with Crippen molar-refractivity contribution in [2.24, 2.45) is 10.8 Å². The van der Waals surface area contributed by atoms with Crippen LogP contribution in [0.15, 0.2) is 65.1 Å². The number of aliphatic imine (C=N–C) groups is 1. The molecule has 0 saturated heterocycles. The van der Waals surface area contributed by atoms with Crippen molar-refractivity contribution in [1.29, 1.82) is 5.26 Å². The van der Waals surface area contributed by atoms with Crippen molar-refractivity contribution >= 4 is 21.5 Å². The summed E-state index contributed by atoms with van der Waals surface area (Å²) in [7, 11) is -4.01. The average Bonchev–Trinajstić information content (AvgIpc) is 2.79. The van der Waals surface area contributed by atoms with Crippen molar-refractivity contribution in [2.75, 3.05) is 6.26 Å². The van der Waals surface area contributed by atoms with Crippen LogP contribution in [0.25, 0.3) is 0 Å². The maximum Gasteiger partial charge on any atom is 0.351 e. The Morgan fingerprint density at radius 1 is 1.24 bits per heavy atom. The van der Waals surface area contributed by atoms with Crippen molar-refractivity contribution < 1.29 is 27.6 Å². The second-order valence-electron chi connectivity index (χ2n) is 9.14. The number of benzene rings is 2. The fourth-order valence-corrected chi connectivity index (χ4v) is 4.22. The van der Waals surface area contributed by atoms with Gasteiger partial charge in [0.15, 0.2) is 9.84 Å². The monoisotopic (exact) mass is 527 g/mol. The van der Waals surface area contributed by atoms with Gasteiger partial charge >= 0.3 is 11.7 Å². The van der Waals surface area contributed by atoms with Crippen molar-refractivity contribution in [1.82, 2.24) is 5.01 Å². The molecule has 0 fully saturated rings. The lowest BCUT2D eigenvalue weighted by atomic mass is 10.1. The molecule has 194 valence electrons. The second-order valence-corrected chi connectivity index (χ2v) is 11.2. The molecule has 1 aliphatic rings. The number of carbonyl (C=O) groups excluding carboxylic acids is 1. The molecule has 2 N–H and O–H groups in total. The minimum Gasteiger partial charge on any atom is -0.456 e. The molecule has 0 bridgehead atoms. The highest BCUT2D eigenvalue weighted by molar-refractivity contribution is 7.91. The van der Waals surface area contributed by atoms with Gasteiger partial charge in [0.1, 0.15) is 22.6 Å². The molecule has 0 saturated carbocycles. The van der Waals surface area contributed by atoms with Gasteiger partial charge in [0.05, 0.1) is 16.6 Å². The van der Waals surface area contributed by atoms with Gasteiger partial charge in [-0.3, -0.25) is 10.1 Å². The van der Waals surface area contributed by atoms with Crippen molar-refractivity contribution in [2.45, 2.75) is 38.3 Å². The lowest BCUT2D eigenvalue weighted by Crippen LogP contribution is -2.50. The fourth-order valence-electron chi connectivity index (χ4n) is 3.39. The summed E-state index contributed by atoms with van der Waals surface area (Å²) in [6, 6.07) is 14.3. The summed E-state index contributed by atoms with van der Waals surface area (Å²) in [6.07, 6.45) is 0.777. The Morgan fingerprint density at radius 3 is 2.43 bits per heavy atom. The zero-order chi connectivity index (χ0) is 27.5. The van der Waals surface area contributed by atoms with E-state index in [4.69, 9.17) is 15.3 Å². The molecule has 2 aromatic rings. The number of rotatable bonds is 7.